The van der Waals surface area contributed by atoms with Gasteiger partial charge in [0, 0.05) is 6.04 Å². The summed E-state index contributed by atoms with van der Waals surface area (Å²) >= 11 is 0. The molecule has 0 aromatic carbocycles. The number of nitrogens with one attached hydrogen (secondary N) is 1. The summed E-state index contributed by atoms with van der Waals surface area (Å²) in [5.41, 5.74) is 6.54. The minimum atomic E-state index is -0.0908. The number of aromatic nitrogens is 1. The molecule has 0 radical (unpaired) electrons. The van der Waals surface area contributed by atoms with Gasteiger partial charge in [-0.3, -0.25) is 4.79 Å². The summed E-state index contributed by atoms with van der Waals surface area (Å²) < 4.78 is 0. The molecular weight excluding hydrogens is 238 g/mol. The Morgan fingerprint density at radius 2 is 2.00 bits per heavy atom. The van der Waals surface area contributed by atoms with Crippen LogP contribution >= 0.6 is 12.4 Å². The van der Waals surface area contributed by atoms with E-state index in [1.165, 1.54) is 25.5 Å². The second kappa shape index (κ2) is 6.45. The van der Waals surface area contributed by atoms with Crippen molar-refractivity contribution in [2.45, 2.75) is 38.1 Å². The third kappa shape index (κ3) is 3.89. The van der Waals surface area contributed by atoms with Crippen LogP contribution in [0, 0.1) is 0 Å². The van der Waals surface area contributed by atoms with Crippen molar-refractivity contribution < 1.29 is 4.79 Å². The van der Waals surface area contributed by atoms with Gasteiger partial charge in [0.2, 0.25) is 0 Å². The zero-order valence-electron chi connectivity index (χ0n) is 9.69. The number of carbonyl (C=O) groups is 1. The van der Waals surface area contributed by atoms with E-state index in [4.69, 9.17) is 5.73 Å². The number of hydrogen-bond donors (Lipinski definition) is 2. The lowest BCUT2D eigenvalue weighted by atomic mass is 9.95. The molecule has 1 fully saturated rings. The number of hydrogen-bond acceptors (Lipinski definition) is 3. The molecule has 0 bridgehead atoms. The maximum Gasteiger partial charge on any atom is 0.270 e. The molecule has 3 N–H and O–H groups in total. The summed E-state index contributed by atoms with van der Waals surface area (Å²) in [6.07, 6.45) is 7.38. The van der Waals surface area contributed by atoms with Gasteiger partial charge in [0.05, 0.1) is 11.9 Å². The van der Waals surface area contributed by atoms with Crippen molar-refractivity contribution in [3.05, 3.63) is 24.0 Å². The van der Waals surface area contributed by atoms with Crippen LogP contribution in [0.2, 0.25) is 0 Å². The average Bonchev–Trinajstić information content (AvgIpc) is 2.31. The fourth-order valence-corrected chi connectivity index (χ4v) is 2.05. The highest BCUT2D eigenvalue weighted by atomic mass is 35.5. The second-order valence-electron chi connectivity index (χ2n) is 4.29. The zero-order chi connectivity index (χ0) is 11.4. The fourth-order valence-electron chi connectivity index (χ4n) is 2.05. The average molecular weight is 256 g/mol. The number of pyridine rings is 1. The highest BCUT2D eigenvalue weighted by Crippen LogP contribution is 2.17. The van der Waals surface area contributed by atoms with E-state index >= 15 is 0 Å². The number of halogens is 1. The molecule has 0 aliphatic heterocycles. The third-order valence-corrected chi connectivity index (χ3v) is 2.96. The predicted octanol–water partition coefficient (Wildman–Crippen LogP) is 2.15. The van der Waals surface area contributed by atoms with Crippen LogP contribution in [0.1, 0.15) is 42.6 Å². The molecule has 2 rings (SSSR count). The van der Waals surface area contributed by atoms with Gasteiger partial charge in [-0.2, -0.15) is 0 Å². The van der Waals surface area contributed by atoms with Crippen molar-refractivity contribution in [3.63, 3.8) is 0 Å². The number of amides is 1. The van der Waals surface area contributed by atoms with Crippen LogP contribution in [0.15, 0.2) is 18.3 Å². The molecule has 1 aliphatic rings. The summed E-state index contributed by atoms with van der Waals surface area (Å²) in [6, 6.07) is 3.68. The topological polar surface area (TPSA) is 68.0 Å². The highest BCUT2D eigenvalue weighted by molar-refractivity contribution is 5.92. The van der Waals surface area contributed by atoms with Gasteiger partial charge in [-0.1, -0.05) is 19.3 Å². The third-order valence-electron chi connectivity index (χ3n) is 2.96. The molecule has 1 aromatic heterocycles. The quantitative estimate of drug-likeness (QED) is 0.851. The Labute approximate surface area is 107 Å². The Morgan fingerprint density at radius 1 is 1.29 bits per heavy atom. The van der Waals surface area contributed by atoms with Crippen LogP contribution < -0.4 is 11.1 Å². The van der Waals surface area contributed by atoms with Gasteiger partial charge in [-0.15, -0.1) is 12.4 Å². The van der Waals surface area contributed by atoms with E-state index in [1.54, 1.807) is 12.1 Å². The minimum absolute atomic E-state index is 0. The molecule has 1 aromatic rings. The van der Waals surface area contributed by atoms with Gasteiger partial charge in [0.1, 0.15) is 5.69 Å². The van der Waals surface area contributed by atoms with Crippen molar-refractivity contribution in [1.82, 2.24) is 10.3 Å². The number of rotatable bonds is 2. The zero-order valence-corrected chi connectivity index (χ0v) is 10.5. The van der Waals surface area contributed by atoms with Crippen molar-refractivity contribution in [2.75, 3.05) is 5.73 Å². The number of nitrogens with zero attached hydrogens (tertiary/aromatic N) is 1. The summed E-state index contributed by atoms with van der Waals surface area (Å²) in [7, 11) is 0. The Morgan fingerprint density at radius 3 is 2.59 bits per heavy atom. The molecule has 4 nitrogen and oxygen atoms in total. The van der Waals surface area contributed by atoms with E-state index in [1.807, 2.05) is 0 Å². The van der Waals surface area contributed by atoms with Gasteiger partial charge in [-0.05, 0) is 25.0 Å². The normalized spacial score (nSPS) is 16.0. The summed E-state index contributed by atoms with van der Waals surface area (Å²) in [5.74, 6) is -0.0908. The van der Waals surface area contributed by atoms with Crippen LogP contribution in [0.25, 0.3) is 0 Å². The van der Waals surface area contributed by atoms with Gasteiger partial charge >= 0.3 is 0 Å². The first kappa shape index (κ1) is 13.8. The van der Waals surface area contributed by atoms with E-state index in [9.17, 15) is 4.79 Å². The maximum atomic E-state index is 11.8. The molecule has 0 unspecified atom stereocenters. The predicted molar refractivity (Wildman–Crippen MR) is 70.2 cm³/mol. The monoisotopic (exact) mass is 255 g/mol. The van der Waals surface area contributed by atoms with Gasteiger partial charge in [0.25, 0.3) is 5.91 Å². The van der Waals surface area contributed by atoms with E-state index < -0.39 is 0 Å². The first-order valence-corrected chi connectivity index (χ1v) is 5.78. The Balaban J connectivity index is 0.00000144. The van der Waals surface area contributed by atoms with Crippen molar-refractivity contribution in [2.24, 2.45) is 0 Å². The van der Waals surface area contributed by atoms with E-state index in [0.717, 1.165) is 12.8 Å². The Kier molecular flexibility index (Phi) is 5.22. The second-order valence-corrected chi connectivity index (χ2v) is 4.29. The Bertz CT molecular complexity index is 361. The van der Waals surface area contributed by atoms with Crippen LogP contribution in [-0.4, -0.2) is 16.9 Å². The van der Waals surface area contributed by atoms with Crippen molar-refractivity contribution in [1.29, 1.82) is 0 Å². The number of nitrogens with two attached hydrogens (primary N) is 1. The summed E-state index contributed by atoms with van der Waals surface area (Å²) in [4.78, 5) is 15.8. The number of nitrogen functional groups attached to an aromatic ring is 1. The van der Waals surface area contributed by atoms with Crippen molar-refractivity contribution in [3.8, 4) is 0 Å². The standard InChI is InChI=1S/C12H17N3O.ClH/c13-9-6-7-11(14-8-9)12(16)15-10-4-2-1-3-5-10;/h6-8,10H,1-5,13H2,(H,15,16);1H. The van der Waals surface area contributed by atoms with Crippen LogP contribution in [0.5, 0.6) is 0 Å². The minimum Gasteiger partial charge on any atom is -0.397 e. The Hall–Kier alpha value is -1.29. The van der Waals surface area contributed by atoms with Gasteiger partial charge in [-0.25, -0.2) is 4.98 Å². The maximum absolute atomic E-state index is 11.8. The highest BCUT2D eigenvalue weighted by Gasteiger charge is 2.16. The molecule has 1 amide bonds. The molecular formula is C12H18ClN3O. The molecule has 1 aliphatic carbocycles. The number of carbonyl (C=O) groups excluding carboxylic acids is 1. The lowest BCUT2D eigenvalue weighted by Gasteiger charge is -2.22. The molecule has 5 heteroatoms. The molecule has 0 spiro atoms. The number of anilines is 1. The molecule has 0 saturated heterocycles. The summed E-state index contributed by atoms with van der Waals surface area (Å²) in [6.45, 7) is 0. The fraction of sp³-hybridized carbons (Fsp3) is 0.500. The molecule has 94 valence electrons. The van der Waals surface area contributed by atoms with Crippen LogP contribution in [0.4, 0.5) is 5.69 Å². The van der Waals surface area contributed by atoms with Crippen LogP contribution in [0.3, 0.4) is 0 Å². The van der Waals surface area contributed by atoms with Gasteiger partial charge in [0.15, 0.2) is 0 Å². The van der Waals surface area contributed by atoms with Crippen molar-refractivity contribution >= 4 is 24.0 Å². The van der Waals surface area contributed by atoms with Gasteiger partial charge < -0.3 is 11.1 Å². The lowest BCUT2D eigenvalue weighted by Crippen LogP contribution is -2.36. The van der Waals surface area contributed by atoms with E-state index in [0.29, 0.717) is 17.4 Å². The molecule has 0 atom stereocenters. The van der Waals surface area contributed by atoms with Crippen LogP contribution in [-0.2, 0) is 0 Å². The molecule has 1 heterocycles. The van der Waals surface area contributed by atoms with E-state index in [-0.39, 0.29) is 18.3 Å². The smallest absolute Gasteiger partial charge is 0.270 e. The first-order chi connectivity index (χ1) is 7.75. The van der Waals surface area contributed by atoms with E-state index in [2.05, 4.69) is 10.3 Å². The first-order valence-electron chi connectivity index (χ1n) is 5.78. The summed E-state index contributed by atoms with van der Waals surface area (Å²) in [5, 5.41) is 3.01. The molecule has 17 heavy (non-hydrogen) atoms. The SMILES string of the molecule is Cl.Nc1ccc(C(=O)NC2CCCCC2)nc1. The molecule has 1 saturated carbocycles. The lowest BCUT2D eigenvalue weighted by molar-refractivity contribution is 0.0922. The largest absolute Gasteiger partial charge is 0.397 e.